The van der Waals surface area contributed by atoms with Crippen molar-refractivity contribution < 1.29 is 23.9 Å². The number of piperidine rings is 1. The molecule has 3 heterocycles. The zero-order valence-electron chi connectivity index (χ0n) is 26.2. The molecule has 248 valence electrons. The third-order valence-electron chi connectivity index (χ3n) is 9.04. The first-order valence-corrected chi connectivity index (χ1v) is 17.1. The molecule has 2 saturated heterocycles. The minimum absolute atomic E-state index is 0.0448. The lowest BCUT2D eigenvalue weighted by molar-refractivity contribution is -0.138. The fourth-order valence-corrected chi connectivity index (χ4v) is 7.41. The molecule has 0 radical (unpaired) electrons. The summed E-state index contributed by atoms with van der Waals surface area (Å²) in [6, 6.07) is 7.66. The number of Topliss-reactive ketones (excluding diaryl/α,β-unsaturated/α-hetero) is 1. The molecule has 4 amide bonds. The van der Waals surface area contributed by atoms with Gasteiger partial charge in [0.25, 0.3) is 0 Å². The van der Waals surface area contributed by atoms with E-state index in [2.05, 4.69) is 52.3 Å². The van der Waals surface area contributed by atoms with Crippen LogP contribution in [-0.4, -0.2) is 122 Å². The molecular weight excluding hydrogens is 722 g/mol. The van der Waals surface area contributed by atoms with Crippen LogP contribution in [0.25, 0.3) is 0 Å². The summed E-state index contributed by atoms with van der Waals surface area (Å²) in [4.78, 5) is 61.6. The van der Waals surface area contributed by atoms with E-state index >= 15 is 0 Å². The average Bonchev–Trinajstić information content (AvgIpc) is 3.21. The van der Waals surface area contributed by atoms with Gasteiger partial charge >= 0.3 is 6.03 Å². The lowest BCUT2D eigenvalue weighted by Gasteiger charge is -2.39. The molecule has 1 unspecified atom stereocenters. The molecule has 2 aromatic carbocycles. The monoisotopic (exact) mass is 761 g/mol. The number of hydrogen-bond donors (Lipinski definition) is 3. The van der Waals surface area contributed by atoms with Crippen LogP contribution in [0.4, 0.5) is 16.2 Å². The molecule has 0 saturated carbocycles. The van der Waals surface area contributed by atoms with Crippen molar-refractivity contribution in [2.45, 2.75) is 37.8 Å². The van der Waals surface area contributed by atoms with Gasteiger partial charge in [0.15, 0.2) is 5.78 Å². The fraction of sp³-hybridized carbons (Fsp3) is 0.500. The van der Waals surface area contributed by atoms with Crippen LogP contribution in [0.15, 0.2) is 39.3 Å². The van der Waals surface area contributed by atoms with Crippen molar-refractivity contribution in [3.05, 3.63) is 50.4 Å². The Balaban J connectivity index is 1.24. The van der Waals surface area contributed by atoms with Gasteiger partial charge in [0.2, 0.25) is 11.8 Å². The SMILES string of the molecule is COc1ccc2c(c1)CCN(C1CCN(C(=O)C(CC(=O)c3cc(Br)c(N)c(Br)c3)NC(=O)CN3CCN(C)CC3)CC1)C(=O)N2. The number of methoxy groups -OCH3 is 1. The highest BCUT2D eigenvalue weighted by Crippen LogP contribution is 2.31. The number of hydrogen-bond acceptors (Lipinski definition) is 8. The minimum atomic E-state index is -1.02. The van der Waals surface area contributed by atoms with Gasteiger partial charge in [-0.1, -0.05) is 0 Å². The first kappa shape index (κ1) is 34.1. The fourth-order valence-electron chi connectivity index (χ4n) is 6.22. The number of urea groups is 1. The summed E-state index contributed by atoms with van der Waals surface area (Å²) in [5.74, 6) is -0.129. The molecule has 0 aliphatic carbocycles. The molecule has 2 fully saturated rings. The Morgan fingerprint density at radius 3 is 2.35 bits per heavy atom. The number of halogens is 2. The molecule has 14 heteroatoms. The second-order valence-electron chi connectivity index (χ2n) is 12.1. The number of nitrogens with one attached hydrogen (secondary N) is 2. The first-order chi connectivity index (χ1) is 22.0. The quantitative estimate of drug-likeness (QED) is 0.262. The van der Waals surface area contributed by atoms with Crippen molar-refractivity contribution in [1.29, 1.82) is 0 Å². The van der Waals surface area contributed by atoms with Gasteiger partial charge in [-0.25, -0.2) is 4.79 Å². The number of ketones is 1. The molecule has 5 rings (SSSR count). The maximum atomic E-state index is 13.9. The summed E-state index contributed by atoms with van der Waals surface area (Å²) >= 11 is 6.77. The van der Waals surface area contributed by atoms with Crippen molar-refractivity contribution in [1.82, 2.24) is 24.9 Å². The molecule has 3 aliphatic heterocycles. The van der Waals surface area contributed by atoms with E-state index in [-0.39, 0.29) is 42.6 Å². The topological polar surface area (TPSA) is 141 Å². The largest absolute Gasteiger partial charge is 0.497 e. The average molecular weight is 764 g/mol. The Kier molecular flexibility index (Phi) is 11.2. The van der Waals surface area contributed by atoms with E-state index in [0.29, 0.717) is 59.1 Å². The highest BCUT2D eigenvalue weighted by atomic mass is 79.9. The normalized spacial score (nSPS) is 18.7. The number of nitrogens with two attached hydrogens (primary N) is 1. The van der Waals surface area contributed by atoms with Crippen LogP contribution in [0, 0.1) is 0 Å². The number of amides is 4. The number of carbonyl (C=O) groups is 4. The minimum Gasteiger partial charge on any atom is -0.497 e. The zero-order valence-corrected chi connectivity index (χ0v) is 29.4. The van der Waals surface area contributed by atoms with E-state index in [1.807, 2.05) is 30.1 Å². The number of rotatable bonds is 9. The van der Waals surface area contributed by atoms with E-state index in [4.69, 9.17) is 10.5 Å². The number of carbonyl (C=O) groups excluding carboxylic acids is 4. The molecule has 0 aromatic heterocycles. The highest BCUT2D eigenvalue weighted by Gasteiger charge is 2.35. The van der Waals surface area contributed by atoms with Crippen LogP contribution in [0.3, 0.4) is 0 Å². The van der Waals surface area contributed by atoms with Crippen molar-refractivity contribution >= 4 is 66.9 Å². The number of anilines is 2. The maximum absolute atomic E-state index is 13.9. The van der Waals surface area contributed by atoms with Gasteiger partial charge in [0.1, 0.15) is 11.8 Å². The molecule has 0 bridgehead atoms. The first-order valence-electron chi connectivity index (χ1n) is 15.5. The standard InChI is InChI=1S/C32H41Br2N7O5/c1-38-11-13-39(14-12-38)19-29(43)36-27(18-28(42)21-16-24(33)30(35)25(34)17-21)31(44)40-8-6-22(7-9-40)41-10-5-20-15-23(46-2)3-4-26(20)37-32(41)45/h3-4,15-17,22,27H,5-14,18-19,35H2,1-2H3,(H,36,43)(H,37,45). The van der Waals surface area contributed by atoms with Crippen molar-refractivity contribution in [3.63, 3.8) is 0 Å². The van der Waals surface area contributed by atoms with Gasteiger partial charge in [0, 0.05) is 78.5 Å². The summed E-state index contributed by atoms with van der Waals surface area (Å²) in [6.07, 6.45) is 1.68. The second-order valence-corrected chi connectivity index (χ2v) is 13.8. The maximum Gasteiger partial charge on any atom is 0.322 e. The highest BCUT2D eigenvalue weighted by molar-refractivity contribution is 9.11. The van der Waals surface area contributed by atoms with Gasteiger partial charge in [-0.3, -0.25) is 19.3 Å². The molecule has 0 spiro atoms. The Morgan fingerprint density at radius 2 is 1.70 bits per heavy atom. The summed E-state index contributed by atoms with van der Waals surface area (Å²) in [7, 11) is 3.66. The lowest BCUT2D eigenvalue weighted by Crippen LogP contribution is -2.56. The molecule has 2 aromatic rings. The molecule has 1 atom stereocenters. The molecule has 46 heavy (non-hydrogen) atoms. The number of ether oxygens (including phenoxy) is 1. The van der Waals surface area contributed by atoms with Crippen LogP contribution < -0.4 is 21.1 Å². The Morgan fingerprint density at radius 1 is 1.02 bits per heavy atom. The van der Waals surface area contributed by atoms with Gasteiger partial charge in [0.05, 0.1) is 19.3 Å². The van der Waals surface area contributed by atoms with Gasteiger partial charge in [-0.2, -0.15) is 0 Å². The van der Waals surface area contributed by atoms with Gasteiger partial charge in [-0.15, -0.1) is 0 Å². The number of benzene rings is 2. The van der Waals surface area contributed by atoms with Gasteiger partial charge < -0.3 is 35.8 Å². The van der Waals surface area contributed by atoms with Crippen LogP contribution >= 0.6 is 31.9 Å². The summed E-state index contributed by atoms with van der Waals surface area (Å²) < 4.78 is 6.48. The molecule has 3 aliphatic rings. The molecule has 4 N–H and O–H groups in total. The van der Waals surface area contributed by atoms with E-state index in [1.54, 1.807) is 24.1 Å². The van der Waals surface area contributed by atoms with Crippen LogP contribution in [0.1, 0.15) is 35.2 Å². The molecular formula is C32H41Br2N7O5. The van der Waals surface area contributed by atoms with Crippen LogP contribution in [0.2, 0.25) is 0 Å². The van der Waals surface area contributed by atoms with Crippen molar-refractivity contribution in [3.8, 4) is 5.75 Å². The smallest absolute Gasteiger partial charge is 0.322 e. The van der Waals surface area contributed by atoms with Crippen molar-refractivity contribution in [2.24, 2.45) is 0 Å². The summed E-state index contributed by atoms with van der Waals surface area (Å²) in [6.45, 7) is 4.76. The van der Waals surface area contributed by atoms with E-state index < -0.39 is 6.04 Å². The van der Waals surface area contributed by atoms with E-state index in [0.717, 1.165) is 43.2 Å². The van der Waals surface area contributed by atoms with Crippen molar-refractivity contribution in [2.75, 3.05) is 77.6 Å². The number of likely N-dealkylation sites (N-methyl/N-ethyl adjacent to an activating group) is 1. The van der Waals surface area contributed by atoms with E-state index in [9.17, 15) is 19.2 Å². The van der Waals surface area contributed by atoms with E-state index in [1.165, 1.54) is 0 Å². The Labute approximate surface area is 286 Å². The number of likely N-dealkylation sites (tertiary alicyclic amines) is 1. The second kappa shape index (κ2) is 15.1. The lowest BCUT2D eigenvalue weighted by atomic mass is 9.99. The predicted octanol–water partition coefficient (Wildman–Crippen LogP) is 3.19. The zero-order chi connectivity index (χ0) is 33.0. The number of nitrogen functional groups attached to an aromatic ring is 1. The Bertz CT molecular complexity index is 1450. The van der Waals surface area contributed by atoms with Gasteiger partial charge in [-0.05, 0) is 94.1 Å². The summed E-state index contributed by atoms with van der Waals surface area (Å²) in [5.41, 5.74) is 8.65. The molecule has 12 nitrogen and oxygen atoms in total. The number of fused-ring (bicyclic) bond motifs is 1. The Hall–Kier alpha value is -3.20. The van der Waals surface area contributed by atoms with Crippen LogP contribution in [-0.2, 0) is 16.0 Å². The predicted molar refractivity (Wildman–Crippen MR) is 183 cm³/mol. The number of piperazine rings is 1. The van der Waals surface area contributed by atoms with Crippen LogP contribution in [0.5, 0.6) is 5.75 Å². The third-order valence-corrected chi connectivity index (χ3v) is 10.4. The number of nitrogens with zero attached hydrogens (tertiary/aromatic N) is 4. The summed E-state index contributed by atoms with van der Waals surface area (Å²) in [5, 5.41) is 5.91. The third kappa shape index (κ3) is 8.20.